The zero-order valence-electron chi connectivity index (χ0n) is 37.7. The van der Waals surface area contributed by atoms with Crippen molar-refractivity contribution in [2.45, 2.75) is 43.9 Å². The molecule has 0 N–H and O–H groups in total. The summed E-state index contributed by atoms with van der Waals surface area (Å²) < 4.78 is 0. The minimum atomic E-state index is -0.438. The first kappa shape index (κ1) is 37.6. The minimum Gasteiger partial charge on any atom is -0.310 e. The van der Waals surface area contributed by atoms with Crippen LogP contribution in [0.15, 0.2) is 212 Å². The first-order valence-corrected chi connectivity index (χ1v) is 23.5. The summed E-state index contributed by atoms with van der Waals surface area (Å²) in [6, 6.07) is 80.5. The summed E-state index contributed by atoms with van der Waals surface area (Å²) in [5.41, 5.74) is 26.9. The topological polar surface area (TPSA) is 3.24 Å². The second-order valence-corrected chi connectivity index (χ2v) is 20.0. The third kappa shape index (κ3) is 4.75. The Balaban J connectivity index is 1.02. The SMILES string of the molecule is CC1(C)c2ccccc2-c2c1cc1c(c2-c2ccccc2)-c2ccc(N(c3ccc4c(c3)C3(c5ccccc5-c5ccccc53)c3ccccc3-4)c3ccc4ccccc4c3)cc2C1(C)C. The van der Waals surface area contributed by atoms with Crippen LogP contribution in [0.4, 0.5) is 17.1 Å². The fourth-order valence-electron chi connectivity index (χ4n) is 13.0. The molecule has 0 bridgehead atoms. The van der Waals surface area contributed by atoms with Gasteiger partial charge in [-0.15, -0.1) is 0 Å². The highest BCUT2D eigenvalue weighted by Crippen LogP contribution is 2.64. The van der Waals surface area contributed by atoms with Gasteiger partial charge in [0.25, 0.3) is 0 Å². The van der Waals surface area contributed by atoms with Crippen LogP contribution in [0.2, 0.25) is 0 Å². The summed E-state index contributed by atoms with van der Waals surface area (Å²) in [7, 11) is 0. The molecule has 66 heavy (non-hydrogen) atoms. The summed E-state index contributed by atoms with van der Waals surface area (Å²) in [5.74, 6) is 0. The van der Waals surface area contributed by atoms with Crippen LogP contribution in [-0.2, 0) is 16.2 Å². The molecule has 14 rings (SSSR count). The van der Waals surface area contributed by atoms with Crippen LogP contribution in [0.1, 0.15) is 72.2 Å². The van der Waals surface area contributed by atoms with Gasteiger partial charge in [0.2, 0.25) is 0 Å². The lowest BCUT2D eigenvalue weighted by Crippen LogP contribution is -2.26. The quantitative estimate of drug-likeness (QED) is 0.171. The summed E-state index contributed by atoms with van der Waals surface area (Å²) in [6.07, 6.45) is 0. The Kier molecular flexibility index (Phi) is 7.51. The van der Waals surface area contributed by atoms with E-state index in [2.05, 4.69) is 245 Å². The van der Waals surface area contributed by atoms with Crippen LogP contribution in [-0.4, -0.2) is 0 Å². The van der Waals surface area contributed by atoms with Crippen molar-refractivity contribution in [3.05, 3.63) is 257 Å². The molecule has 0 aromatic heterocycles. The number of fused-ring (bicyclic) bond motifs is 17. The van der Waals surface area contributed by atoms with Gasteiger partial charge in [-0.05, 0) is 147 Å². The van der Waals surface area contributed by atoms with E-state index in [0.29, 0.717) is 0 Å². The van der Waals surface area contributed by atoms with Crippen molar-refractivity contribution >= 4 is 27.8 Å². The largest absolute Gasteiger partial charge is 0.310 e. The Morgan fingerprint density at radius 1 is 0.273 bits per heavy atom. The van der Waals surface area contributed by atoms with Gasteiger partial charge in [0, 0.05) is 27.9 Å². The maximum absolute atomic E-state index is 2.58. The Hall–Kier alpha value is -7.74. The van der Waals surface area contributed by atoms with Crippen molar-refractivity contribution in [2.75, 3.05) is 4.90 Å². The molecular formula is C65H47N. The van der Waals surface area contributed by atoms with E-state index in [9.17, 15) is 0 Å². The van der Waals surface area contributed by atoms with Crippen LogP contribution >= 0.6 is 0 Å². The van der Waals surface area contributed by atoms with Crippen LogP contribution in [0.5, 0.6) is 0 Å². The molecule has 0 saturated heterocycles. The Bertz CT molecular complexity index is 3650. The van der Waals surface area contributed by atoms with Gasteiger partial charge >= 0.3 is 0 Å². The van der Waals surface area contributed by atoms with Gasteiger partial charge in [0.15, 0.2) is 0 Å². The number of hydrogen-bond acceptors (Lipinski definition) is 1. The molecule has 0 saturated carbocycles. The molecule has 0 amide bonds. The average Bonchev–Trinajstić information content (AvgIpc) is 3.99. The Labute approximate surface area is 387 Å². The molecule has 4 aliphatic carbocycles. The minimum absolute atomic E-state index is 0.127. The van der Waals surface area contributed by atoms with Crippen molar-refractivity contribution < 1.29 is 0 Å². The molecular weight excluding hydrogens is 795 g/mol. The molecule has 10 aromatic carbocycles. The number of rotatable bonds is 4. The third-order valence-electron chi connectivity index (χ3n) is 16.0. The van der Waals surface area contributed by atoms with Gasteiger partial charge in [-0.1, -0.05) is 204 Å². The van der Waals surface area contributed by atoms with Crippen molar-refractivity contribution in [3.8, 4) is 55.6 Å². The second-order valence-electron chi connectivity index (χ2n) is 20.0. The molecule has 4 aliphatic rings. The van der Waals surface area contributed by atoms with E-state index in [1.165, 1.54) is 111 Å². The summed E-state index contributed by atoms with van der Waals surface area (Å²) in [5, 5.41) is 2.46. The van der Waals surface area contributed by atoms with E-state index < -0.39 is 5.41 Å². The number of nitrogens with zero attached hydrogens (tertiary/aromatic N) is 1. The van der Waals surface area contributed by atoms with Crippen LogP contribution in [0.25, 0.3) is 66.4 Å². The van der Waals surface area contributed by atoms with E-state index in [-0.39, 0.29) is 10.8 Å². The number of hydrogen-bond donors (Lipinski definition) is 0. The van der Waals surface area contributed by atoms with Gasteiger partial charge in [-0.3, -0.25) is 0 Å². The average molecular weight is 842 g/mol. The van der Waals surface area contributed by atoms with Gasteiger partial charge in [-0.2, -0.15) is 0 Å². The zero-order valence-corrected chi connectivity index (χ0v) is 37.7. The summed E-state index contributed by atoms with van der Waals surface area (Å²) in [6.45, 7) is 9.72. The fraction of sp³-hybridized carbons (Fsp3) is 0.108. The molecule has 312 valence electrons. The highest BCUT2D eigenvalue weighted by atomic mass is 15.1. The molecule has 0 aliphatic heterocycles. The standard InChI is InChI=1S/C65H47N/c1-63(2)52-26-14-13-25-50(52)61-58(63)39-59-62(60(61)41-19-6-5-7-20-41)51-35-33-44(37-56(51)64(59,3)4)66(43-31-30-40-18-8-9-21-42(40)36-43)45-32-34-49-48-24-12-17-29-55(48)65(57(49)38-45)53-27-15-10-22-46(53)47-23-11-16-28-54(47)65/h5-39H,1-4H3. The van der Waals surface area contributed by atoms with Crippen molar-refractivity contribution in [2.24, 2.45) is 0 Å². The lowest BCUT2D eigenvalue weighted by atomic mass is 9.70. The second kappa shape index (κ2) is 13.2. The fourth-order valence-corrected chi connectivity index (χ4v) is 13.0. The Morgan fingerprint density at radius 3 is 1.32 bits per heavy atom. The third-order valence-corrected chi connectivity index (χ3v) is 16.0. The van der Waals surface area contributed by atoms with Crippen molar-refractivity contribution in [1.29, 1.82) is 0 Å². The van der Waals surface area contributed by atoms with Crippen LogP contribution < -0.4 is 4.90 Å². The molecule has 1 spiro atoms. The van der Waals surface area contributed by atoms with Crippen molar-refractivity contribution in [1.82, 2.24) is 0 Å². The van der Waals surface area contributed by atoms with Crippen molar-refractivity contribution in [3.63, 3.8) is 0 Å². The first-order chi connectivity index (χ1) is 32.3. The van der Waals surface area contributed by atoms with E-state index in [1.54, 1.807) is 0 Å². The van der Waals surface area contributed by atoms with E-state index >= 15 is 0 Å². The highest BCUT2D eigenvalue weighted by molar-refractivity contribution is 6.05. The monoisotopic (exact) mass is 841 g/mol. The Morgan fingerprint density at radius 2 is 0.697 bits per heavy atom. The predicted octanol–water partition coefficient (Wildman–Crippen LogP) is 16.9. The van der Waals surface area contributed by atoms with Crippen LogP contribution in [0.3, 0.4) is 0 Å². The highest BCUT2D eigenvalue weighted by Gasteiger charge is 2.52. The van der Waals surface area contributed by atoms with Gasteiger partial charge in [-0.25, -0.2) is 0 Å². The van der Waals surface area contributed by atoms with E-state index in [0.717, 1.165) is 17.1 Å². The molecule has 10 aromatic rings. The van der Waals surface area contributed by atoms with Gasteiger partial charge in [0.1, 0.15) is 0 Å². The molecule has 0 atom stereocenters. The normalized spacial score (nSPS) is 15.3. The smallest absolute Gasteiger partial charge is 0.0726 e. The summed E-state index contributed by atoms with van der Waals surface area (Å²) in [4.78, 5) is 2.52. The summed E-state index contributed by atoms with van der Waals surface area (Å²) >= 11 is 0. The lowest BCUT2D eigenvalue weighted by Gasteiger charge is -2.32. The molecule has 0 heterocycles. The van der Waals surface area contributed by atoms with E-state index in [4.69, 9.17) is 0 Å². The van der Waals surface area contributed by atoms with Crippen LogP contribution in [0, 0.1) is 0 Å². The number of benzene rings is 10. The molecule has 0 fully saturated rings. The molecule has 0 unspecified atom stereocenters. The number of anilines is 3. The lowest BCUT2D eigenvalue weighted by molar-refractivity contribution is 0.639. The maximum atomic E-state index is 2.58. The maximum Gasteiger partial charge on any atom is 0.0726 e. The van der Waals surface area contributed by atoms with Gasteiger partial charge in [0.05, 0.1) is 5.41 Å². The molecule has 1 nitrogen and oxygen atoms in total. The first-order valence-electron chi connectivity index (χ1n) is 23.5. The predicted molar refractivity (Wildman–Crippen MR) is 275 cm³/mol. The molecule has 1 heteroatoms. The zero-order chi connectivity index (χ0) is 44.1. The van der Waals surface area contributed by atoms with E-state index in [1.807, 2.05) is 0 Å². The molecule has 0 radical (unpaired) electrons. The van der Waals surface area contributed by atoms with Gasteiger partial charge < -0.3 is 4.90 Å².